The Hall–Kier alpha value is -1.92. The summed E-state index contributed by atoms with van der Waals surface area (Å²) in [7, 11) is 0. The van der Waals surface area contributed by atoms with Gasteiger partial charge in [-0.2, -0.15) is 4.89 Å². The normalized spacial score (nSPS) is 11.2. The number of nitrogens with zero attached hydrogens (tertiary/aromatic N) is 1. The molecular formula is C15H18N2O3S. The van der Waals surface area contributed by atoms with Crippen molar-refractivity contribution in [1.82, 2.24) is 4.98 Å². The number of nitrogens with one attached hydrogen (secondary N) is 1. The molecule has 0 fully saturated rings. The first-order valence-electron chi connectivity index (χ1n) is 6.55. The average molecular weight is 306 g/mol. The van der Waals surface area contributed by atoms with Gasteiger partial charge in [-0.3, -0.25) is 9.87 Å². The van der Waals surface area contributed by atoms with Crippen LogP contribution in [0.25, 0.3) is 0 Å². The van der Waals surface area contributed by atoms with Crippen molar-refractivity contribution in [2.24, 2.45) is 0 Å². The third-order valence-corrected chi connectivity index (χ3v) is 3.20. The molecule has 0 atom stereocenters. The Kier molecular flexibility index (Phi) is 4.93. The lowest BCUT2D eigenvalue weighted by atomic mass is 10.2. The van der Waals surface area contributed by atoms with E-state index in [0.717, 1.165) is 10.6 Å². The second-order valence-corrected chi connectivity index (χ2v) is 6.44. The summed E-state index contributed by atoms with van der Waals surface area (Å²) in [6, 6.07) is 7.10. The minimum atomic E-state index is -0.530. The maximum absolute atomic E-state index is 11.9. The predicted molar refractivity (Wildman–Crippen MR) is 82.1 cm³/mol. The molecule has 0 radical (unpaired) electrons. The third kappa shape index (κ3) is 5.17. The van der Waals surface area contributed by atoms with E-state index in [4.69, 9.17) is 9.78 Å². The number of hydrogen-bond acceptors (Lipinski definition) is 6. The van der Waals surface area contributed by atoms with Crippen LogP contribution in [0.5, 0.6) is 0 Å². The van der Waals surface area contributed by atoms with Crippen LogP contribution < -0.4 is 5.32 Å². The molecule has 0 aliphatic rings. The van der Waals surface area contributed by atoms with Crippen molar-refractivity contribution < 1.29 is 14.6 Å². The molecule has 1 aromatic carbocycles. The summed E-state index contributed by atoms with van der Waals surface area (Å²) in [5.41, 5.74) is 2.54. The topological polar surface area (TPSA) is 60.5 Å². The molecule has 0 saturated carbocycles. The second kappa shape index (κ2) is 6.69. The second-order valence-electron chi connectivity index (χ2n) is 5.47. The molecule has 21 heavy (non-hydrogen) atoms. The molecular weight excluding hydrogens is 288 g/mol. The Morgan fingerprint density at radius 2 is 2.19 bits per heavy atom. The summed E-state index contributed by atoms with van der Waals surface area (Å²) in [4.78, 5) is 26.9. The van der Waals surface area contributed by atoms with Gasteiger partial charge in [0.2, 0.25) is 0 Å². The fraction of sp³-hybridized carbons (Fsp3) is 0.333. The van der Waals surface area contributed by atoms with Crippen molar-refractivity contribution in [3.63, 3.8) is 0 Å². The third-order valence-electron chi connectivity index (χ3n) is 2.42. The summed E-state index contributed by atoms with van der Waals surface area (Å²) in [5.74, 6) is -0.508. The van der Waals surface area contributed by atoms with Crippen molar-refractivity contribution in [2.75, 3.05) is 5.32 Å². The van der Waals surface area contributed by atoms with Gasteiger partial charge in [0.25, 0.3) is 0 Å². The minimum absolute atomic E-state index is 0.438. The number of thiazole rings is 1. The highest BCUT2D eigenvalue weighted by atomic mass is 32.1. The standard InChI is InChI=1S/C15H18N2O3S/c1-15(2,3)20-19-14(18)11-5-4-6-12(7-11)17-9-13-8-16-10-21-13/h4-8,10,17H,9H2,1-3H3. The van der Waals surface area contributed by atoms with Crippen LogP contribution in [0, 0.1) is 0 Å². The summed E-state index contributed by atoms with van der Waals surface area (Å²) in [5, 5.41) is 3.24. The van der Waals surface area contributed by atoms with Gasteiger partial charge in [0, 0.05) is 16.8 Å². The molecule has 5 nitrogen and oxygen atoms in total. The first kappa shape index (κ1) is 15.5. The fourth-order valence-electron chi connectivity index (χ4n) is 1.49. The Morgan fingerprint density at radius 1 is 1.38 bits per heavy atom. The molecule has 2 rings (SSSR count). The SMILES string of the molecule is CC(C)(C)OOC(=O)c1cccc(NCc2cncs2)c1. The van der Waals surface area contributed by atoms with Gasteiger partial charge < -0.3 is 5.32 Å². The summed E-state index contributed by atoms with van der Waals surface area (Å²) >= 11 is 1.58. The maximum Gasteiger partial charge on any atom is 0.373 e. The summed E-state index contributed by atoms with van der Waals surface area (Å²) in [6.45, 7) is 6.11. The zero-order valence-corrected chi connectivity index (χ0v) is 13.1. The Labute approximate surface area is 127 Å². The van der Waals surface area contributed by atoms with E-state index in [0.29, 0.717) is 12.1 Å². The number of rotatable bonds is 5. The van der Waals surface area contributed by atoms with Crippen LogP contribution in [0.15, 0.2) is 36.0 Å². The number of aromatic nitrogens is 1. The van der Waals surface area contributed by atoms with E-state index >= 15 is 0 Å². The predicted octanol–water partition coefficient (Wildman–Crippen LogP) is 3.64. The lowest BCUT2D eigenvalue weighted by Crippen LogP contribution is -2.22. The van der Waals surface area contributed by atoms with Gasteiger partial charge in [-0.25, -0.2) is 4.79 Å². The highest BCUT2D eigenvalue weighted by Gasteiger charge is 2.16. The Bertz CT molecular complexity index is 591. The monoisotopic (exact) mass is 306 g/mol. The fourth-order valence-corrected chi connectivity index (χ4v) is 2.02. The van der Waals surface area contributed by atoms with E-state index in [9.17, 15) is 4.79 Å². The van der Waals surface area contributed by atoms with Crippen LogP contribution in [0.4, 0.5) is 5.69 Å². The van der Waals surface area contributed by atoms with Crippen molar-refractivity contribution in [3.8, 4) is 0 Å². The minimum Gasteiger partial charge on any atom is -0.380 e. The number of hydrogen-bond donors (Lipinski definition) is 1. The highest BCUT2D eigenvalue weighted by Crippen LogP contribution is 2.16. The van der Waals surface area contributed by atoms with Gasteiger partial charge in [0.15, 0.2) is 0 Å². The molecule has 6 heteroatoms. The van der Waals surface area contributed by atoms with E-state index in [1.165, 1.54) is 0 Å². The van der Waals surface area contributed by atoms with Gasteiger partial charge in [0.05, 0.1) is 17.6 Å². The maximum atomic E-state index is 11.9. The van der Waals surface area contributed by atoms with E-state index < -0.39 is 11.6 Å². The van der Waals surface area contributed by atoms with Gasteiger partial charge in [-0.15, -0.1) is 11.3 Å². The lowest BCUT2D eigenvalue weighted by molar-refractivity contribution is -0.301. The Balaban J connectivity index is 1.95. The van der Waals surface area contributed by atoms with E-state index in [1.54, 1.807) is 35.0 Å². The number of carbonyl (C=O) groups excluding carboxylic acids is 1. The van der Waals surface area contributed by atoms with E-state index in [2.05, 4.69) is 10.3 Å². The molecule has 0 saturated heterocycles. The molecule has 0 aliphatic carbocycles. The van der Waals surface area contributed by atoms with Gasteiger partial charge >= 0.3 is 5.97 Å². The van der Waals surface area contributed by atoms with Crippen LogP contribution in [-0.2, 0) is 16.3 Å². The van der Waals surface area contributed by atoms with Crippen LogP contribution in [0.2, 0.25) is 0 Å². The molecule has 2 aromatic rings. The quantitative estimate of drug-likeness (QED) is 0.675. The molecule has 1 N–H and O–H groups in total. The summed E-state index contributed by atoms with van der Waals surface area (Å²) < 4.78 is 0. The summed E-state index contributed by atoms with van der Waals surface area (Å²) in [6.07, 6.45) is 1.81. The lowest BCUT2D eigenvalue weighted by Gasteiger charge is -2.16. The van der Waals surface area contributed by atoms with E-state index in [1.807, 2.05) is 33.0 Å². The molecule has 112 valence electrons. The highest BCUT2D eigenvalue weighted by molar-refractivity contribution is 7.09. The van der Waals surface area contributed by atoms with Crippen LogP contribution in [0.3, 0.4) is 0 Å². The smallest absolute Gasteiger partial charge is 0.373 e. The van der Waals surface area contributed by atoms with Crippen molar-refractivity contribution >= 4 is 23.0 Å². The molecule has 0 unspecified atom stereocenters. The zero-order chi connectivity index (χ0) is 15.3. The molecule has 0 amide bonds. The van der Waals surface area contributed by atoms with Crippen LogP contribution >= 0.6 is 11.3 Å². The average Bonchev–Trinajstić information content (AvgIpc) is 2.95. The van der Waals surface area contributed by atoms with Gasteiger partial charge in [-0.05, 0) is 39.0 Å². The van der Waals surface area contributed by atoms with E-state index in [-0.39, 0.29) is 0 Å². The van der Waals surface area contributed by atoms with Crippen molar-refractivity contribution in [1.29, 1.82) is 0 Å². The van der Waals surface area contributed by atoms with Crippen LogP contribution in [-0.4, -0.2) is 16.6 Å². The van der Waals surface area contributed by atoms with Gasteiger partial charge in [-0.1, -0.05) is 6.07 Å². The molecule has 0 aliphatic heterocycles. The molecule has 1 aromatic heterocycles. The van der Waals surface area contributed by atoms with Crippen LogP contribution in [0.1, 0.15) is 36.0 Å². The number of benzene rings is 1. The molecule has 0 spiro atoms. The number of anilines is 1. The van der Waals surface area contributed by atoms with Crippen molar-refractivity contribution in [2.45, 2.75) is 32.9 Å². The molecule has 1 heterocycles. The Morgan fingerprint density at radius 3 is 2.86 bits per heavy atom. The largest absolute Gasteiger partial charge is 0.380 e. The first-order valence-corrected chi connectivity index (χ1v) is 7.43. The van der Waals surface area contributed by atoms with Crippen molar-refractivity contribution in [3.05, 3.63) is 46.4 Å². The van der Waals surface area contributed by atoms with Gasteiger partial charge in [0.1, 0.15) is 5.60 Å². The molecule has 0 bridgehead atoms. The first-order chi connectivity index (χ1) is 9.94. The zero-order valence-electron chi connectivity index (χ0n) is 12.3. The number of carbonyl (C=O) groups is 1.